The van der Waals surface area contributed by atoms with E-state index in [4.69, 9.17) is 38.9 Å². The van der Waals surface area contributed by atoms with Gasteiger partial charge in [0.15, 0.2) is 5.82 Å². The molecule has 0 bridgehead atoms. The van der Waals surface area contributed by atoms with Crippen molar-refractivity contribution in [2.75, 3.05) is 18.0 Å². The van der Waals surface area contributed by atoms with Crippen molar-refractivity contribution in [2.24, 2.45) is 11.1 Å². The molecule has 3 N–H and O–H groups in total. The van der Waals surface area contributed by atoms with E-state index in [0.29, 0.717) is 27.0 Å². The normalized spacial score (nSPS) is 19.2. The summed E-state index contributed by atoms with van der Waals surface area (Å²) in [5.74, 6) is 0.735. The Hall–Kier alpha value is -1.70. The molecule has 0 amide bonds. The zero-order valence-corrected chi connectivity index (χ0v) is 21.4. The smallest absolute Gasteiger partial charge is 0.153 e. The van der Waals surface area contributed by atoms with Crippen LogP contribution in [0, 0.1) is 12.3 Å². The highest BCUT2D eigenvalue weighted by Crippen LogP contribution is 2.51. The molecule has 172 valence electrons. The van der Waals surface area contributed by atoms with Gasteiger partial charge in [-0.15, -0.1) is 0 Å². The lowest BCUT2D eigenvalue weighted by Crippen LogP contribution is -2.45. The van der Waals surface area contributed by atoms with Crippen molar-refractivity contribution in [1.82, 2.24) is 9.97 Å². The number of aliphatic hydroxyl groups is 1. The molecule has 2 heterocycles. The molecular weight excluding hydrogens is 523 g/mol. The van der Waals surface area contributed by atoms with Crippen LogP contribution >= 0.6 is 39.1 Å². The van der Waals surface area contributed by atoms with Crippen LogP contribution in [-0.2, 0) is 13.0 Å². The first-order valence-corrected chi connectivity index (χ1v) is 12.6. The van der Waals surface area contributed by atoms with Crippen LogP contribution in [0.4, 0.5) is 5.82 Å². The van der Waals surface area contributed by atoms with Crippen molar-refractivity contribution in [3.05, 3.63) is 73.4 Å². The summed E-state index contributed by atoms with van der Waals surface area (Å²) in [6.45, 7) is 3.36. The molecule has 1 fully saturated rings. The van der Waals surface area contributed by atoms with Crippen LogP contribution in [0.2, 0.25) is 10.0 Å². The van der Waals surface area contributed by atoms with Crippen molar-refractivity contribution in [3.63, 3.8) is 0 Å². The summed E-state index contributed by atoms with van der Waals surface area (Å²) in [7, 11) is 0. The Morgan fingerprint density at radius 3 is 2.67 bits per heavy atom. The number of benzene rings is 2. The Labute approximate surface area is 212 Å². The number of fused-ring (bicyclic) bond motifs is 1. The van der Waals surface area contributed by atoms with Gasteiger partial charge in [-0.05, 0) is 60.9 Å². The number of halogens is 3. The van der Waals surface area contributed by atoms with Crippen molar-refractivity contribution in [1.29, 1.82) is 0 Å². The van der Waals surface area contributed by atoms with Crippen molar-refractivity contribution >= 4 is 44.9 Å². The van der Waals surface area contributed by atoms with E-state index < -0.39 is 0 Å². The fourth-order valence-electron chi connectivity index (χ4n) is 5.33. The minimum atomic E-state index is -0.200. The summed E-state index contributed by atoms with van der Waals surface area (Å²) in [6.07, 6.45) is 2.94. The zero-order valence-electron chi connectivity index (χ0n) is 18.3. The van der Waals surface area contributed by atoms with Crippen molar-refractivity contribution in [3.8, 4) is 11.3 Å². The van der Waals surface area contributed by atoms with Crippen LogP contribution in [0.15, 0.2) is 40.9 Å². The van der Waals surface area contributed by atoms with Gasteiger partial charge in [-0.2, -0.15) is 0 Å². The summed E-state index contributed by atoms with van der Waals surface area (Å²) in [5.41, 5.74) is 12.1. The van der Waals surface area contributed by atoms with Gasteiger partial charge in [-0.1, -0.05) is 57.3 Å². The lowest BCUT2D eigenvalue weighted by atomic mass is 9.73. The summed E-state index contributed by atoms with van der Waals surface area (Å²) in [6, 6.07) is 11.9. The highest BCUT2D eigenvalue weighted by atomic mass is 79.9. The zero-order chi connectivity index (χ0) is 23.3. The number of rotatable bonds is 3. The van der Waals surface area contributed by atoms with Gasteiger partial charge in [0.2, 0.25) is 0 Å². The first-order chi connectivity index (χ1) is 15.8. The largest absolute Gasteiger partial charge is 0.390 e. The first-order valence-electron chi connectivity index (χ1n) is 11.0. The molecule has 2 aromatic carbocycles. The Bertz CT molecular complexity index is 1230. The number of aryl methyl sites for hydroxylation is 1. The van der Waals surface area contributed by atoms with E-state index in [9.17, 15) is 5.11 Å². The van der Waals surface area contributed by atoms with Crippen LogP contribution in [-0.4, -0.2) is 28.2 Å². The topological polar surface area (TPSA) is 75.3 Å². The van der Waals surface area contributed by atoms with Gasteiger partial charge >= 0.3 is 0 Å². The molecule has 0 saturated carbocycles. The maximum absolute atomic E-state index is 10.1. The van der Waals surface area contributed by atoms with Gasteiger partial charge < -0.3 is 15.7 Å². The third-order valence-electron chi connectivity index (χ3n) is 7.18. The second-order valence-electron chi connectivity index (χ2n) is 9.03. The molecule has 1 saturated heterocycles. The fourth-order valence-corrected chi connectivity index (χ4v) is 6.10. The van der Waals surface area contributed by atoms with Gasteiger partial charge in [-0.3, -0.25) is 0 Å². The lowest BCUT2D eigenvalue weighted by Gasteiger charge is -2.43. The van der Waals surface area contributed by atoms with Crippen LogP contribution in [0.25, 0.3) is 11.3 Å². The van der Waals surface area contributed by atoms with E-state index in [1.54, 1.807) is 6.07 Å². The molecular formula is C25H25BrCl2N4O. The van der Waals surface area contributed by atoms with Crippen LogP contribution < -0.4 is 10.6 Å². The van der Waals surface area contributed by atoms with Gasteiger partial charge in [-0.25, -0.2) is 9.97 Å². The van der Waals surface area contributed by atoms with Crippen LogP contribution in [0.5, 0.6) is 0 Å². The summed E-state index contributed by atoms with van der Waals surface area (Å²) in [4.78, 5) is 11.8. The summed E-state index contributed by atoms with van der Waals surface area (Å²) < 4.78 is 1.07. The van der Waals surface area contributed by atoms with Gasteiger partial charge in [0.1, 0.15) is 5.69 Å². The third kappa shape index (κ3) is 3.96. The van der Waals surface area contributed by atoms with E-state index in [0.717, 1.165) is 48.3 Å². The number of hydrogen-bond donors (Lipinski definition) is 2. The second kappa shape index (κ2) is 8.82. The molecule has 1 aromatic heterocycles. The molecule has 1 aliphatic heterocycles. The number of hydrogen-bond acceptors (Lipinski definition) is 5. The molecule has 3 aromatic rings. The highest BCUT2D eigenvalue weighted by Gasteiger charge is 2.46. The number of piperidine rings is 1. The van der Waals surface area contributed by atoms with E-state index in [-0.39, 0.29) is 18.1 Å². The number of anilines is 1. The Balaban J connectivity index is 1.41. The maximum atomic E-state index is 10.1. The molecule has 33 heavy (non-hydrogen) atoms. The lowest BCUT2D eigenvalue weighted by molar-refractivity contribution is 0.186. The standard InChI is InChI=1S/C25H25BrCl2N4O/c1-14-22(17-3-2-4-19(27)21(17)28)31-20(13-33)24(30-14)32-9-7-25(8-10-32)12-15-5-6-16(26)11-18(15)23(25)29/h2-6,11,23,33H,7-10,12-13,29H2,1H3/t23-/m1/s1. The molecule has 8 heteroatoms. The number of aliphatic hydroxyl groups excluding tert-OH is 1. The monoisotopic (exact) mass is 546 g/mol. The minimum Gasteiger partial charge on any atom is -0.390 e. The number of nitrogens with two attached hydrogens (primary N) is 1. The molecule has 1 atom stereocenters. The Morgan fingerprint density at radius 1 is 1.18 bits per heavy atom. The Kier molecular flexibility index (Phi) is 6.17. The molecule has 0 unspecified atom stereocenters. The maximum Gasteiger partial charge on any atom is 0.153 e. The number of aromatic nitrogens is 2. The van der Waals surface area contributed by atoms with Crippen molar-refractivity contribution < 1.29 is 5.11 Å². The van der Waals surface area contributed by atoms with Crippen LogP contribution in [0.3, 0.4) is 0 Å². The molecule has 5 nitrogen and oxygen atoms in total. The fraction of sp³-hybridized carbons (Fsp3) is 0.360. The quantitative estimate of drug-likeness (QED) is 0.429. The summed E-state index contributed by atoms with van der Waals surface area (Å²) in [5, 5.41) is 11.0. The van der Waals surface area contributed by atoms with E-state index in [2.05, 4.69) is 39.0 Å². The number of nitrogens with zero attached hydrogens (tertiary/aromatic N) is 3. The van der Waals surface area contributed by atoms with E-state index in [1.807, 2.05) is 19.1 Å². The average Bonchev–Trinajstić information content (AvgIpc) is 3.07. The first kappa shape index (κ1) is 23.1. The predicted molar refractivity (Wildman–Crippen MR) is 137 cm³/mol. The van der Waals surface area contributed by atoms with Crippen LogP contribution in [0.1, 0.15) is 41.4 Å². The van der Waals surface area contributed by atoms with E-state index in [1.165, 1.54) is 11.1 Å². The molecule has 1 aliphatic carbocycles. The highest BCUT2D eigenvalue weighted by molar-refractivity contribution is 9.10. The average molecular weight is 548 g/mol. The van der Waals surface area contributed by atoms with E-state index >= 15 is 0 Å². The van der Waals surface area contributed by atoms with Crippen molar-refractivity contribution in [2.45, 2.75) is 38.8 Å². The Morgan fingerprint density at radius 2 is 1.94 bits per heavy atom. The van der Waals surface area contributed by atoms with Gasteiger partial charge in [0, 0.05) is 29.2 Å². The molecule has 5 rings (SSSR count). The van der Waals surface area contributed by atoms with Gasteiger partial charge in [0.25, 0.3) is 0 Å². The summed E-state index contributed by atoms with van der Waals surface area (Å²) >= 11 is 16.2. The molecule has 0 radical (unpaired) electrons. The van der Waals surface area contributed by atoms with Gasteiger partial charge in [0.05, 0.1) is 28.0 Å². The molecule has 2 aliphatic rings. The predicted octanol–water partition coefficient (Wildman–Crippen LogP) is 5.86. The SMILES string of the molecule is Cc1nc(N2CCC3(CC2)Cc2ccc(Br)cc2[C@H]3N)c(CO)nc1-c1cccc(Cl)c1Cl. The second-order valence-corrected chi connectivity index (χ2v) is 10.7. The third-order valence-corrected chi connectivity index (χ3v) is 8.49. The minimum absolute atomic E-state index is 0.0321. The molecule has 1 spiro atoms.